The molecule has 0 amide bonds. The Morgan fingerprint density at radius 1 is 1.64 bits per heavy atom. The molecule has 0 saturated heterocycles. The van der Waals surface area contributed by atoms with E-state index >= 15 is 0 Å². The molecule has 8 heteroatoms. The second-order valence-electron chi connectivity index (χ2n) is 2.22. The summed E-state index contributed by atoms with van der Waals surface area (Å²) in [6.45, 7) is 0. The molecule has 0 aliphatic rings. The third-order valence-electron chi connectivity index (χ3n) is 1.40. The van der Waals surface area contributed by atoms with Crippen molar-refractivity contribution in [1.29, 1.82) is 0 Å². The zero-order valence-corrected chi connectivity index (χ0v) is 10.1. The molecular weight excluding hydrogens is 377 g/mol. The largest absolute Gasteiger partial charge is 0.295 e. The van der Waals surface area contributed by atoms with Gasteiger partial charge in [-0.05, 0) is 38.5 Å². The van der Waals surface area contributed by atoms with Crippen molar-refractivity contribution in [2.24, 2.45) is 0 Å². The van der Waals surface area contributed by atoms with E-state index in [0.717, 1.165) is 6.20 Å². The number of hydrogen-bond donors (Lipinski definition) is 0. The number of pyridine rings is 1. The maximum atomic E-state index is 12.3. The maximum absolute atomic E-state index is 12.3. The molecule has 0 aliphatic heterocycles. The van der Waals surface area contributed by atoms with Gasteiger partial charge in [0, 0.05) is 6.20 Å². The number of nitrogens with zero attached hydrogens (tertiary/aromatic N) is 2. The highest BCUT2D eigenvalue weighted by Crippen LogP contribution is 2.35. The summed E-state index contributed by atoms with van der Waals surface area (Å²) in [7, 11) is 0. The van der Waals surface area contributed by atoms with Gasteiger partial charge in [-0.3, -0.25) is 10.1 Å². The minimum absolute atomic E-state index is 0.0744. The van der Waals surface area contributed by atoms with Gasteiger partial charge in [-0.25, -0.2) is 13.8 Å². The Morgan fingerprint density at radius 2 is 2.21 bits per heavy atom. The number of hydrogen-bond acceptors (Lipinski definition) is 3. The molecule has 0 aromatic carbocycles. The molecule has 0 atom stereocenters. The van der Waals surface area contributed by atoms with Gasteiger partial charge >= 0.3 is 0 Å². The van der Waals surface area contributed by atoms with Crippen LogP contribution in [0.5, 0.6) is 0 Å². The van der Waals surface area contributed by atoms with Crippen molar-refractivity contribution >= 4 is 44.2 Å². The van der Waals surface area contributed by atoms with E-state index in [2.05, 4.69) is 20.9 Å². The van der Waals surface area contributed by atoms with E-state index in [1.54, 1.807) is 22.6 Å². The van der Waals surface area contributed by atoms with Crippen molar-refractivity contribution in [3.05, 3.63) is 30.0 Å². The van der Waals surface area contributed by atoms with Crippen LogP contribution in [0.4, 0.5) is 14.5 Å². The zero-order valence-electron chi connectivity index (χ0n) is 6.38. The average molecular weight is 379 g/mol. The van der Waals surface area contributed by atoms with Gasteiger partial charge in [0.1, 0.15) is 13.7 Å². The van der Waals surface area contributed by atoms with Gasteiger partial charge in [-0.2, -0.15) is 0 Å². The Bertz CT molecular complexity index is 388. The monoisotopic (exact) mass is 378 g/mol. The van der Waals surface area contributed by atoms with Gasteiger partial charge in [0.25, 0.3) is 12.1 Å². The Labute approximate surface area is 99.1 Å². The van der Waals surface area contributed by atoms with Gasteiger partial charge in [-0.15, -0.1) is 0 Å². The van der Waals surface area contributed by atoms with E-state index in [9.17, 15) is 18.9 Å². The number of aromatic nitrogens is 1. The van der Waals surface area contributed by atoms with Gasteiger partial charge in [-0.1, -0.05) is 0 Å². The number of halogens is 4. The van der Waals surface area contributed by atoms with Gasteiger partial charge in [0.15, 0.2) is 0 Å². The van der Waals surface area contributed by atoms with Crippen LogP contribution in [-0.2, 0) is 0 Å². The fraction of sp³-hybridized carbons (Fsp3) is 0.167. The second kappa shape index (κ2) is 4.43. The van der Waals surface area contributed by atoms with Crippen LogP contribution in [-0.4, -0.2) is 9.91 Å². The van der Waals surface area contributed by atoms with Crippen LogP contribution in [0.1, 0.15) is 12.0 Å². The number of alkyl halides is 2. The average Bonchev–Trinajstić information content (AvgIpc) is 2.08. The molecule has 76 valence electrons. The molecule has 1 heterocycles. The third kappa shape index (κ3) is 2.16. The van der Waals surface area contributed by atoms with Crippen LogP contribution in [0.15, 0.2) is 10.8 Å². The molecule has 1 rings (SSSR count). The topological polar surface area (TPSA) is 56.0 Å². The first-order valence-corrected chi connectivity index (χ1v) is 5.08. The minimum Gasteiger partial charge on any atom is -0.258 e. The summed E-state index contributed by atoms with van der Waals surface area (Å²) in [6, 6.07) is 0. The lowest BCUT2D eigenvalue weighted by molar-refractivity contribution is -0.387. The molecule has 0 aliphatic carbocycles. The van der Waals surface area contributed by atoms with Crippen molar-refractivity contribution in [3.63, 3.8) is 0 Å². The third-order valence-corrected chi connectivity index (χ3v) is 3.76. The summed E-state index contributed by atoms with van der Waals surface area (Å²) in [5.41, 5.74) is -1.26. The fourth-order valence-corrected chi connectivity index (χ4v) is 1.75. The summed E-state index contributed by atoms with van der Waals surface area (Å²) in [5, 5.41) is 10.5. The molecule has 4 nitrogen and oxygen atoms in total. The van der Waals surface area contributed by atoms with Crippen LogP contribution < -0.4 is 0 Å². The molecule has 0 spiro atoms. The summed E-state index contributed by atoms with van der Waals surface area (Å²) in [6.07, 6.45) is -2.10. The predicted octanol–water partition coefficient (Wildman–Crippen LogP) is 3.29. The van der Waals surface area contributed by atoms with E-state index in [4.69, 9.17) is 0 Å². The summed E-state index contributed by atoms with van der Waals surface area (Å²) in [5.74, 6) is 0. The van der Waals surface area contributed by atoms with Crippen LogP contribution in [0.25, 0.3) is 0 Å². The Kier molecular flexibility index (Phi) is 3.70. The van der Waals surface area contributed by atoms with Crippen molar-refractivity contribution < 1.29 is 13.7 Å². The Morgan fingerprint density at radius 3 is 2.64 bits per heavy atom. The predicted molar refractivity (Wildman–Crippen MR) is 56.3 cm³/mol. The molecule has 0 bridgehead atoms. The Balaban J connectivity index is 3.45. The molecular formula is C6H2BrF2IN2O2. The SMILES string of the molecule is O=[N+]([O-])c1c(C(F)F)cnc(Br)c1I. The van der Waals surface area contributed by atoms with E-state index in [-0.39, 0.29) is 8.17 Å². The quantitative estimate of drug-likeness (QED) is 0.343. The van der Waals surface area contributed by atoms with Crippen molar-refractivity contribution in [2.45, 2.75) is 6.43 Å². The first-order valence-electron chi connectivity index (χ1n) is 3.21. The first kappa shape index (κ1) is 11.7. The minimum atomic E-state index is -2.90. The second-order valence-corrected chi connectivity index (χ2v) is 4.05. The molecule has 14 heavy (non-hydrogen) atoms. The van der Waals surface area contributed by atoms with E-state index in [1.807, 2.05) is 0 Å². The molecule has 0 saturated carbocycles. The maximum Gasteiger partial charge on any atom is 0.295 e. The van der Waals surface area contributed by atoms with Gasteiger partial charge in [0.05, 0.1) is 4.92 Å². The summed E-state index contributed by atoms with van der Waals surface area (Å²) >= 11 is 4.52. The van der Waals surface area contributed by atoms with Crippen molar-refractivity contribution in [2.75, 3.05) is 0 Å². The summed E-state index contributed by atoms with van der Waals surface area (Å²) in [4.78, 5) is 13.2. The lowest BCUT2D eigenvalue weighted by Crippen LogP contribution is -2.01. The standard InChI is InChI=1S/C6H2BrF2IN2O2/c7-5-3(10)4(12(13)14)2(1-11-5)6(8)9/h1,6H. The van der Waals surface area contributed by atoms with Crippen molar-refractivity contribution in [3.8, 4) is 0 Å². The Hall–Kier alpha value is -0.380. The van der Waals surface area contributed by atoms with E-state index in [0.29, 0.717) is 0 Å². The normalized spacial score (nSPS) is 10.6. The first-order chi connectivity index (χ1) is 6.45. The molecule has 0 unspecified atom stereocenters. The van der Waals surface area contributed by atoms with Crippen LogP contribution in [0.2, 0.25) is 0 Å². The highest BCUT2D eigenvalue weighted by molar-refractivity contribution is 14.1. The molecule has 0 N–H and O–H groups in total. The molecule has 1 aromatic rings. The number of nitro groups is 1. The van der Waals surface area contributed by atoms with Crippen LogP contribution in [0, 0.1) is 13.7 Å². The molecule has 0 fully saturated rings. The van der Waals surface area contributed by atoms with Crippen LogP contribution in [0.3, 0.4) is 0 Å². The summed E-state index contributed by atoms with van der Waals surface area (Å²) < 4.78 is 24.9. The zero-order chi connectivity index (χ0) is 10.9. The number of rotatable bonds is 2. The van der Waals surface area contributed by atoms with E-state index in [1.165, 1.54) is 0 Å². The van der Waals surface area contributed by atoms with E-state index < -0.39 is 22.6 Å². The van der Waals surface area contributed by atoms with Crippen LogP contribution >= 0.6 is 38.5 Å². The molecule has 1 aromatic heterocycles. The lowest BCUT2D eigenvalue weighted by atomic mass is 10.2. The highest BCUT2D eigenvalue weighted by Gasteiger charge is 2.27. The van der Waals surface area contributed by atoms with Crippen molar-refractivity contribution in [1.82, 2.24) is 4.98 Å². The fourth-order valence-electron chi connectivity index (χ4n) is 0.814. The highest BCUT2D eigenvalue weighted by atomic mass is 127. The lowest BCUT2D eigenvalue weighted by Gasteiger charge is -2.03. The molecule has 0 radical (unpaired) electrons. The van der Waals surface area contributed by atoms with Gasteiger partial charge in [0.2, 0.25) is 0 Å². The smallest absolute Gasteiger partial charge is 0.258 e. The van der Waals surface area contributed by atoms with Gasteiger partial charge < -0.3 is 0 Å².